The summed E-state index contributed by atoms with van der Waals surface area (Å²) in [5.74, 6) is -3.18. The summed E-state index contributed by atoms with van der Waals surface area (Å²) in [5, 5.41) is 14.0. The number of anilines is 2. The van der Waals surface area contributed by atoms with E-state index in [-0.39, 0.29) is 35.2 Å². The second-order valence-corrected chi connectivity index (χ2v) is 8.35. The van der Waals surface area contributed by atoms with Crippen LogP contribution in [0.15, 0.2) is 24.3 Å². The van der Waals surface area contributed by atoms with Crippen LogP contribution in [0.1, 0.15) is 81.1 Å². The molecule has 2 aromatic rings. The van der Waals surface area contributed by atoms with Gasteiger partial charge in [0.25, 0.3) is 0 Å². The minimum absolute atomic E-state index is 0.0210. The van der Waals surface area contributed by atoms with E-state index in [1.165, 1.54) is 6.92 Å². The predicted octanol–water partition coefficient (Wildman–Crippen LogP) is 5.16. The van der Waals surface area contributed by atoms with Gasteiger partial charge in [0.15, 0.2) is 6.29 Å². The highest BCUT2D eigenvalue weighted by Gasteiger charge is 2.37. The fourth-order valence-electron chi connectivity index (χ4n) is 3.46. The minimum Gasteiger partial charge on any atom is -0.465 e. The summed E-state index contributed by atoms with van der Waals surface area (Å²) >= 11 is 0. The molecule has 2 amide bonds. The summed E-state index contributed by atoms with van der Waals surface area (Å²) in [6, 6.07) is 2.78. The van der Waals surface area contributed by atoms with Crippen molar-refractivity contribution in [2.45, 2.75) is 45.6 Å². The van der Waals surface area contributed by atoms with Crippen molar-refractivity contribution in [1.82, 2.24) is 0 Å². The Morgan fingerprint density at radius 1 is 0.810 bits per heavy atom. The Kier molecular flexibility index (Phi) is 12.2. The van der Waals surface area contributed by atoms with Crippen molar-refractivity contribution >= 4 is 41.4 Å². The number of aldehydes is 1. The maximum Gasteiger partial charge on any atom is 0.417 e. The van der Waals surface area contributed by atoms with E-state index in [0.717, 1.165) is 40.2 Å². The number of esters is 2. The van der Waals surface area contributed by atoms with Crippen molar-refractivity contribution in [3.63, 3.8) is 0 Å². The average molecular weight is 608 g/mol. The number of hydrogen-bond donors (Lipinski definition) is 3. The van der Waals surface area contributed by atoms with Gasteiger partial charge < -0.3 is 25.2 Å². The van der Waals surface area contributed by atoms with Crippen LogP contribution >= 0.6 is 0 Å². The monoisotopic (exact) mass is 608 g/mol. The van der Waals surface area contributed by atoms with E-state index < -0.39 is 64.5 Å². The molecule has 0 heterocycles. The lowest BCUT2D eigenvalue weighted by Gasteiger charge is -2.20. The summed E-state index contributed by atoms with van der Waals surface area (Å²) in [7, 11) is 2.09. The summed E-state index contributed by atoms with van der Waals surface area (Å²) < 4.78 is 86.6. The number of rotatable bonds is 7. The molecular formula is C26H26F6N2O8. The van der Waals surface area contributed by atoms with Gasteiger partial charge in [-0.15, -0.1) is 0 Å². The molecule has 3 N–H and O–H groups in total. The van der Waals surface area contributed by atoms with E-state index in [0.29, 0.717) is 12.1 Å². The zero-order valence-electron chi connectivity index (χ0n) is 22.7. The number of carbonyl (C=O) groups excluding carboxylic acids is 5. The average Bonchev–Trinajstić information content (AvgIpc) is 2.89. The first-order valence-corrected chi connectivity index (χ1v) is 11.7. The number of nitrogens with one attached hydrogen (secondary N) is 2. The number of benzene rings is 2. The first-order valence-electron chi connectivity index (χ1n) is 11.7. The van der Waals surface area contributed by atoms with Crippen LogP contribution < -0.4 is 10.6 Å². The second-order valence-electron chi connectivity index (χ2n) is 8.35. The topological polar surface area (TPSA) is 148 Å². The van der Waals surface area contributed by atoms with Gasteiger partial charge in [-0.25, -0.2) is 9.59 Å². The van der Waals surface area contributed by atoms with E-state index >= 15 is 0 Å². The lowest BCUT2D eigenvalue weighted by molar-refractivity contribution is -0.139. The zero-order chi connectivity index (χ0) is 32.6. The largest absolute Gasteiger partial charge is 0.465 e. The van der Waals surface area contributed by atoms with E-state index in [9.17, 15) is 55.4 Å². The zero-order valence-corrected chi connectivity index (χ0v) is 22.7. The molecule has 0 fully saturated rings. The molecule has 0 aromatic heterocycles. The molecular weight excluding hydrogens is 582 g/mol. The van der Waals surface area contributed by atoms with Gasteiger partial charge in [-0.2, -0.15) is 26.3 Å². The number of alkyl halides is 6. The number of ether oxygens (including phenoxy) is 2. The predicted molar refractivity (Wildman–Crippen MR) is 135 cm³/mol. The van der Waals surface area contributed by atoms with Crippen LogP contribution in [0.5, 0.6) is 0 Å². The Bertz CT molecular complexity index is 1360. The third kappa shape index (κ3) is 9.29. The molecule has 16 heteroatoms. The molecule has 0 spiro atoms. The highest BCUT2D eigenvalue weighted by atomic mass is 19.4. The lowest BCUT2D eigenvalue weighted by atomic mass is 9.96. The van der Waals surface area contributed by atoms with Crippen LogP contribution in [0.4, 0.5) is 37.7 Å². The quantitative estimate of drug-likeness (QED) is 0.222. The minimum atomic E-state index is -4.79. The summed E-state index contributed by atoms with van der Waals surface area (Å²) in [5.41, 5.74) is -4.80. The highest BCUT2D eigenvalue weighted by molar-refractivity contribution is 6.03. The molecule has 0 saturated heterocycles. The lowest BCUT2D eigenvalue weighted by Crippen LogP contribution is -2.18. The van der Waals surface area contributed by atoms with E-state index in [1.807, 2.05) is 0 Å². The Balaban J connectivity index is 0.000000422. The molecule has 1 atom stereocenters. The van der Waals surface area contributed by atoms with Crippen molar-refractivity contribution < 1.29 is 64.9 Å². The van der Waals surface area contributed by atoms with Gasteiger partial charge in [-0.1, -0.05) is 6.92 Å². The van der Waals surface area contributed by atoms with Crippen molar-refractivity contribution in [3.8, 4) is 0 Å². The molecule has 2 rings (SSSR count). The van der Waals surface area contributed by atoms with Gasteiger partial charge in [0.1, 0.15) is 0 Å². The fourth-order valence-corrected chi connectivity index (χ4v) is 3.46. The molecule has 0 radical (unpaired) electrons. The molecule has 0 aliphatic carbocycles. The standard InChI is InChI=1S/C14H16F3NO4.C12H10F3NO4/c1-4-12(20)8-5-9(13(21)22-3)11(18-7(2)19)6-10(8)14(15,16)17;1-6(18)16-10-4-9(12(13,14)15)7(5-17)3-8(10)11(19)20-2/h5-6,12,20H,4H2,1-3H3,(H,18,19);3-5H,1-2H3,(H,16,18). The van der Waals surface area contributed by atoms with Crippen molar-refractivity contribution in [2.24, 2.45) is 0 Å². The summed E-state index contributed by atoms with van der Waals surface area (Å²) in [4.78, 5) is 56.0. The molecule has 0 bridgehead atoms. The van der Waals surface area contributed by atoms with Crippen molar-refractivity contribution in [3.05, 3.63) is 57.6 Å². The number of hydrogen-bond acceptors (Lipinski definition) is 8. The van der Waals surface area contributed by atoms with Crippen LogP contribution in [0, 0.1) is 0 Å². The van der Waals surface area contributed by atoms with Gasteiger partial charge in [-0.3, -0.25) is 14.4 Å². The third-order valence-corrected chi connectivity index (χ3v) is 5.29. The van der Waals surface area contributed by atoms with E-state index in [1.54, 1.807) is 0 Å². The summed E-state index contributed by atoms with van der Waals surface area (Å²) in [6.45, 7) is 3.68. The number of carbonyl (C=O) groups is 5. The first kappa shape index (κ1) is 35.6. The van der Waals surface area contributed by atoms with Crippen molar-refractivity contribution in [1.29, 1.82) is 0 Å². The molecule has 230 valence electrons. The molecule has 2 aromatic carbocycles. The third-order valence-electron chi connectivity index (χ3n) is 5.29. The number of amides is 2. The molecule has 1 unspecified atom stereocenters. The van der Waals surface area contributed by atoms with Gasteiger partial charge in [0.2, 0.25) is 11.8 Å². The normalized spacial score (nSPS) is 11.8. The number of methoxy groups -OCH3 is 2. The van der Waals surface area contributed by atoms with Crippen LogP contribution in [-0.2, 0) is 31.4 Å². The van der Waals surface area contributed by atoms with Gasteiger partial charge >= 0.3 is 24.3 Å². The Morgan fingerprint density at radius 3 is 1.55 bits per heavy atom. The SMILES string of the molecule is CCC(O)c1cc(C(=O)OC)c(NC(C)=O)cc1C(F)(F)F.COC(=O)c1cc(C=O)c(C(F)(F)F)cc1NC(C)=O. The van der Waals surface area contributed by atoms with Crippen LogP contribution in [0.25, 0.3) is 0 Å². The number of halogens is 6. The molecule has 0 saturated carbocycles. The molecule has 0 aliphatic heterocycles. The Labute approximate surface area is 235 Å². The van der Waals surface area contributed by atoms with Crippen molar-refractivity contribution in [2.75, 3.05) is 24.9 Å². The fraction of sp³-hybridized carbons (Fsp3) is 0.346. The molecule has 10 nitrogen and oxygen atoms in total. The maximum atomic E-state index is 13.1. The van der Waals surface area contributed by atoms with Crippen LogP contribution in [0.2, 0.25) is 0 Å². The Morgan fingerprint density at radius 2 is 1.21 bits per heavy atom. The van der Waals surface area contributed by atoms with E-state index in [2.05, 4.69) is 20.1 Å². The molecule has 42 heavy (non-hydrogen) atoms. The van der Waals surface area contributed by atoms with E-state index in [4.69, 9.17) is 0 Å². The Hall–Kier alpha value is -4.47. The number of aliphatic hydroxyl groups is 1. The van der Waals surface area contributed by atoms with Crippen LogP contribution in [0.3, 0.4) is 0 Å². The first-order chi connectivity index (χ1) is 19.3. The van der Waals surface area contributed by atoms with Gasteiger partial charge in [0.05, 0.1) is 54.0 Å². The highest BCUT2D eigenvalue weighted by Crippen LogP contribution is 2.39. The second kappa shape index (κ2) is 14.4. The maximum absolute atomic E-state index is 13.1. The summed E-state index contributed by atoms with van der Waals surface area (Å²) in [6.07, 6.45) is -10.9. The van der Waals surface area contributed by atoms with Gasteiger partial charge in [0, 0.05) is 19.4 Å². The van der Waals surface area contributed by atoms with Crippen LogP contribution in [-0.4, -0.2) is 49.4 Å². The smallest absolute Gasteiger partial charge is 0.417 e. The number of aliphatic hydroxyl groups excluding tert-OH is 1. The van der Waals surface area contributed by atoms with Gasteiger partial charge in [-0.05, 0) is 36.2 Å². The molecule has 0 aliphatic rings.